The maximum absolute atomic E-state index is 10.7. The third-order valence-electron chi connectivity index (χ3n) is 1.95. The fourth-order valence-electron chi connectivity index (χ4n) is 1.07. The minimum atomic E-state index is -5.27. The van der Waals surface area contributed by atoms with Crippen molar-refractivity contribution < 1.29 is 54.4 Å². The lowest BCUT2D eigenvalue weighted by molar-refractivity contribution is -0.142. The molecule has 0 unspecified atom stereocenters. The minimum Gasteiger partial charge on any atom is -0.388 e. The van der Waals surface area contributed by atoms with Crippen molar-refractivity contribution in [1.82, 2.24) is 0 Å². The van der Waals surface area contributed by atoms with Crippen LogP contribution in [0.2, 0.25) is 0 Å². The van der Waals surface area contributed by atoms with Crippen LogP contribution in [0.4, 0.5) is 0 Å². The van der Waals surface area contributed by atoms with Gasteiger partial charge in [0.1, 0.15) is 18.3 Å². The molecule has 15 heteroatoms. The normalized spacial score (nSPS) is 18.7. The predicted molar refractivity (Wildman–Crippen MR) is 61.1 cm³/mol. The summed E-state index contributed by atoms with van der Waals surface area (Å²) in [5, 5.41) is 28.0. The molecular formula is C6H13NO12S2. The first-order valence-corrected chi connectivity index (χ1v) is 7.58. The highest BCUT2D eigenvalue weighted by Crippen LogP contribution is 2.13. The number of amides is 1. The van der Waals surface area contributed by atoms with E-state index in [0.717, 1.165) is 0 Å². The second-order valence-electron chi connectivity index (χ2n) is 3.61. The van der Waals surface area contributed by atoms with Crippen molar-refractivity contribution in [2.75, 3.05) is 6.61 Å². The van der Waals surface area contributed by atoms with Crippen molar-refractivity contribution in [2.24, 2.45) is 5.73 Å². The summed E-state index contributed by atoms with van der Waals surface area (Å²) in [4.78, 5) is 10.7. The van der Waals surface area contributed by atoms with E-state index in [-0.39, 0.29) is 0 Å². The Hall–Kier alpha value is -0.910. The zero-order chi connectivity index (χ0) is 17.0. The van der Waals surface area contributed by atoms with E-state index in [4.69, 9.17) is 9.11 Å². The van der Waals surface area contributed by atoms with E-state index in [0.29, 0.717) is 0 Å². The Morgan fingerprint density at radius 3 is 1.86 bits per heavy atom. The summed E-state index contributed by atoms with van der Waals surface area (Å²) in [6.07, 6.45) is -9.62. The van der Waals surface area contributed by atoms with Crippen molar-refractivity contribution in [3.63, 3.8) is 0 Å². The molecule has 0 fully saturated rings. The van der Waals surface area contributed by atoms with E-state index >= 15 is 0 Å². The Bertz CT molecular complexity index is 554. The molecule has 0 rings (SSSR count). The molecule has 1 amide bonds. The molecule has 0 aliphatic carbocycles. The summed E-state index contributed by atoms with van der Waals surface area (Å²) in [7, 11) is -10.3. The molecule has 0 spiro atoms. The van der Waals surface area contributed by atoms with Crippen molar-refractivity contribution in [1.29, 1.82) is 0 Å². The first kappa shape index (κ1) is 20.1. The van der Waals surface area contributed by atoms with Crippen LogP contribution in [0.3, 0.4) is 0 Å². The Balaban J connectivity index is 5.09. The zero-order valence-electron chi connectivity index (χ0n) is 10.0. The average molecular weight is 355 g/mol. The van der Waals surface area contributed by atoms with Gasteiger partial charge in [-0.05, 0) is 0 Å². The van der Waals surface area contributed by atoms with Gasteiger partial charge in [-0.15, -0.1) is 0 Å². The first-order valence-electron chi connectivity index (χ1n) is 4.85. The molecule has 0 radical (unpaired) electrons. The summed E-state index contributed by atoms with van der Waals surface area (Å²) < 4.78 is 65.7. The smallest absolute Gasteiger partial charge is 0.388 e. The van der Waals surface area contributed by atoms with Crippen LogP contribution in [0.25, 0.3) is 0 Å². The first-order chi connectivity index (χ1) is 9.24. The number of aliphatic hydroxyl groups excluding tert-OH is 3. The van der Waals surface area contributed by atoms with Gasteiger partial charge in [-0.25, -0.2) is 8.37 Å². The molecule has 0 saturated carbocycles. The van der Waals surface area contributed by atoms with E-state index in [2.05, 4.69) is 14.1 Å². The van der Waals surface area contributed by atoms with Crippen molar-refractivity contribution in [3.8, 4) is 0 Å². The summed E-state index contributed by atoms with van der Waals surface area (Å²) in [6, 6.07) is 0. The number of hydrogen-bond donors (Lipinski definition) is 6. The lowest BCUT2D eigenvalue weighted by Crippen LogP contribution is -2.52. The van der Waals surface area contributed by atoms with E-state index in [1.54, 1.807) is 0 Å². The van der Waals surface area contributed by atoms with Crippen LogP contribution in [0.15, 0.2) is 0 Å². The minimum absolute atomic E-state index is 1.28. The van der Waals surface area contributed by atoms with Gasteiger partial charge in [0.05, 0.1) is 6.61 Å². The highest BCUT2D eigenvalue weighted by molar-refractivity contribution is 7.81. The topological polar surface area (TPSA) is 231 Å². The van der Waals surface area contributed by atoms with E-state index in [1.807, 2.05) is 0 Å². The second-order valence-corrected chi connectivity index (χ2v) is 5.75. The summed E-state index contributed by atoms with van der Waals surface area (Å²) in [6.45, 7) is -1.28. The third kappa shape index (κ3) is 8.19. The molecular weight excluding hydrogens is 342 g/mol. The maximum Gasteiger partial charge on any atom is 0.397 e. The van der Waals surface area contributed by atoms with Gasteiger partial charge in [-0.3, -0.25) is 13.9 Å². The number of carbonyl (C=O) groups is 1. The van der Waals surface area contributed by atoms with Gasteiger partial charge >= 0.3 is 20.8 Å². The molecule has 0 aliphatic heterocycles. The number of hydrogen-bond acceptors (Lipinski definition) is 10. The van der Waals surface area contributed by atoms with E-state index in [9.17, 15) is 36.9 Å². The number of aliphatic hydroxyl groups is 3. The maximum atomic E-state index is 10.7. The van der Waals surface area contributed by atoms with Crippen LogP contribution < -0.4 is 5.73 Å². The molecule has 0 aromatic rings. The lowest BCUT2D eigenvalue weighted by Gasteiger charge is -2.27. The van der Waals surface area contributed by atoms with Crippen molar-refractivity contribution >= 4 is 26.7 Å². The summed E-state index contributed by atoms with van der Waals surface area (Å²) >= 11 is 0. The molecule has 7 N–H and O–H groups in total. The van der Waals surface area contributed by atoms with Crippen LogP contribution in [0.5, 0.6) is 0 Å². The monoisotopic (exact) mass is 355 g/mol. The van der Waals surface area contributed by atoms with Gasteiger partial charge in [0.2, 0.25) is 5.91 Å². The van der Waals surface area contributed by atoms with Crippen LogP contribution in [-0.2, 0) is 34.0 Å². The number of rotatable bonds is 9. The Morgan fingerprint density at radius 2 is 1.52 bits per heavy atom. The lowest BCUT2D eigenvalue weighted by atomic mass is 10.0. The SMILES string of the molecule is NC(=O)[C@H](O)[C@@H](OS(=O)(=O)O)[C@H](O)[C@H](O)COS(=O)(=O)O. The van der Waals surface area contributed by atoms with Gasteiger partial charge in [0, 0.05) is 0 Å². The molecule has 0 saturated heterocycles. The fraction of sp³-hybridized carbons (Fsp3) is 0.833. The van der Waals surface area contributed by atoms with Gasteiger partial charge in [0.25, 0.3) is 0 Å². The molecule has 21 heavy (non-hydrogen) atoms. The highest BCUT2D eigenvalue weighted by Gasteiger charge is 2.39. The second kappa shape index (κ2) is 7.38. The van der Waals surface area contributed by atoms with Gasteiger partial charge in [-0.2, -0.15) is 16.8 Å². The molecule has 0 aromatic carbocycles. The molecule has 0 bridgehead atoms. The average Bonchev–Trinajstić information content (AvgIpc) is 2.29. The Labute approximate surface area is 118 Å². The van der Waals surface area contributed by atoms with Crippen molar-refractivity contribution in [2.45, 2.75) is 24.4 Å². The molecule has 126 valence electrons. The Morgan fingerprint density at radius 1 is 1.05 bits per heavy atom. The predicted octanol–water partition coefficient (Wildman–Crippen LogP) is -4.44. The number of nitrogens with two attached hydrogens (primary N) is 1. The van der Waals surface area contributed by atoms with Crippen LogP contribution >= 0.6 is 0 Å². The summed E-state index contributed by atoms with van der Waals surface area (Å²) in [5.41, 5.74) is 4.63. The molecule has 0 aliphatic rings. The molecule has 0 aromatic heterocycles. The molecule has 0 heterocycles. The highest BCUT2D eigenvalue weighted by atomic mass is 32.3. The molecule has 13 nitrogen and oxygen atoms in total. The van der Waals surface area contributed by atoms with Gasteiger partial charge in [0.15, 0.2) is 6.10 Å². The Kier molecular flexibility index (Phi) is 7.06. The van der Waals surface area contributed by atoms with Crippen LogP contribution in [0, 0.1) is 0 Å². The largest absolute Gasteiger partial charge is 0.397 e. The fourth-order valence-corrected chi connectivity index (χ4v) is 1.88. The van der Waals surface area contributed by atoms with Gasteiger partial charge in [-0.1, -0.05) is 0 Å². The summed E-state index contributed by atoms with van der Waals surface area (Å²) in [5.74, 6) is -1.58. The quantitative estimate of drug-likeness (QED) is 0.215. The molecule has 4 atom stereocenters. The van der Waals surface area contributed by atoms with E-state index < -0.39 is 57.7 Å². The van der Waals surface area contributed by atoms with Crippen molar-refractivity contribution in [3.05, 3.63) is 0 Å². The zero-order valence-corrected chi connectivity index (χ0v) is 11.6. The van der Waals surface area contributed by atoms with Crippen LogP contribution in [-0.4, -0.2) is 78.2 Å². The van der Waals surface area contributed by atoms with E-state index in [1.165, 1.54) is 0 Å². The van der Waals surface area contributed by atoms with Gasteiger partial charge < -0.3 is 21.1 Å². The number of carbonyl (C=O) groups excluding carboxylic acids is 1. The standard InChI is InChI=1S/C6H13NO12S2/c7-6(11)4(10)5(19-21(15,16)17)3(9)2(8)1-18-20(12,13)14/h2-5,8-10H,1H2,(H2,7,11)(H,12,13,14)(H,15,16,17)/t2-,3-,4-,5+/m1/s1. The van der Waals surface area contributed by atoms with Crippen LogP contribution in [0.1, 0.15) is 0 Å². The third-order valence-corrected chi connectivity index (χ3v) is 2.85. The number of primary amides is 1.